The fourth-order valence-electron chi connectivity index (χ4n) is 3.41. The number of hydrogen-bond donors (Lipinski definition) is 0. The van der Waals surface area contributed by atoms with E-state index in [4.69, 9.17) is 0 Å². The molecule has 0 spiro atoms. The molecule has 0 radical (unpaired) electrons. The molecule has 128 valence electrons. The Hall–Kier alpha value is -2.96. The van der Waals surface area contributed by atoms with Crippen molar-refractivity contribution in [1.29, 1.82) is 0 Å². The van der Waals surface area contributed by atoms with Crippen LogP contribution in [0.4, 0.5) is 0 Å². The molecule has 0 aliphatic carbocycles. The van der Waals surface area contributed by atoms with Gasteiger partial charge in [0.15, 0.2) is 0 Å². The van der Waals surface area contributed by atoms with Gasteiger partial charge in [-0.3, -0.25) is 14.5 Å². The molecule has 1 atom stereocenters. The topological polar surface area (TPSA) is 68.8 Å². The summed E-state index contributed by atoms with van der Waals surface area (Å²) in [5.41, 5.74) is 2.25. The number of aryl methyl sites for hydroxylation is 1. The Balaban J connectivity index is 1.61. The molecule has 0 saturated carbocycles. The molecule has 7 heteroatoms. The third-order valence-corrected chi connectivity index (χ3v) is 4.64. The normalized spacial score (nSPS) is 17.6. The van der Waals surface area contributed by atoms with Crippen LogP contribution in [-0.2, 0) is 7.05 Å². The number of likely N-dealkylation sites (tertiary alicyclic amines) is 1. The molecule has 25 heavy (non-hydrogen) atoms. The standard InChI is InChI=1S/C18H20N6O/c1-22-12-16(17(21-22)14-4-6-19-7-5-14)18(25)23-9-2-3-15(11-23)24-10-8-20-13-24/h4-8,10,12-13,15H,2-3,9,11H2,1H3/t15-/m1/s1. The Kier molecular flexibility index (Phi) is 4.05. The summed E-state index contributed by atoms with van der Waals surface area (Å²) in [5, 5.41) is 4.49. The molecule has 0 bridgehead atoms. The van der Waals surface area contributed by atoms with Crippen molar-refractivity contribution >= 4 is 5.91 Å². The summed E-state index contributed by atoms with van der Waals surface area (Å²) >= 11 is 0. The number of hydrogen-bond acceptors (Lipinski definition) is 4. The van der Waals surface area contributed by atoms with Crippen molar-refractivity contribution < 1.29 is 4.79 Å². The van der Waals surface area contributed by atoms with Gasteiger partial charge in [-0.2, -0.15) is 5.10 Å². The quantitative estimate of drug-likeness (QED) is 0.735. The first-order valence-electron chi connectivity index (χ1n) is 8.43. The molecule has 0 aromatic carbocycles. The molecule has 0 N–H and O–H groups in total. The number of pyridine rings is 1. The molecule has 1 amide bonds. The molecule has 3 aromatic heterocycles. The number of nitrogens with zero attached hydrogens (tertiary/aromatic N) is 6. The summed E-state index contributed by atoms with van der Waals surface area (Å²) in [6.45, 7) is 1.47. The van der Waals surface area contributed by atoms with Crippen LogP contribution in [0.5, 0.6) is 0 Å². The molecule has 3 aromatic rings. The van der Waals surface area contributed by atoms with Crippen LogP contribution in [0, 0.1) is 0 Å². The second kappa shape index (κ2) is 6.51. The zero-order valence-corrected chi connectivity index (χ0v) is 14.1. The molecule has 4 heterocycles. The number of carbonyl (C=O) groups excluding carboxylic acids is 1. The van der Waals surface area contributed by atoms with E-state index in [0.717, 1.165) is 24.9 Å². The van der Waals surface area contributed by atoms with Crippen molar-refractivity contribution in [2.24, 2.45) is 7.05 Å². The number of carbonyl (C=O) groups is 1. The molecule has 1 saturated heterocycles. The van der Waals surface area contributed by atoms with Crippen LogP contribution < -0.4 is 0 Å². The smallest absolute Gasteiger partial charge is 0.257 e. The SMILES string of the molecule is Cn1cc(C(=O)N2CCC[C@@H](n3ccnc3)C2)c(-c2ccncc2)n1. The number of rotatable bonds is 3. The van der Waals surface area contributed by atoms with Gasteiger partial charge < -0.3 is 9.47 Å². The van der Waals surface area contributed by atoms with Gasteiger partial charge in [0.25, 0.3) is 5.91 Å². The maximum atomic E-state index is 13.2. The van der Waals surface area contributed by atoms with Crippen LogP contribution >= 0.6 is 0 Å². The first kappa shape index (κ1) is 15.6. The van der Waals surface area contributed by atoms with E-state index >= 15 is 0 Å². The molecule has 1 aliphatic rings. The van der Waals surface area contributed by atoms with E-state index in [1.54, 1.807) is 29.5 Å². The predicted octanol–water partition coefficient (Wildman–Crippen LogP) is 2.16. The summed E-state index contributed by atoms with van der Waals surface area (Å²) < 4.78 is 3.78. The van der Waals surface area contributed by atoms with Crippen molar-refractivity contribution in [3.63, 3.8) is 0 Å². The monoisotopic (exact) mass is 336 g/mol. The third kappa shape index (κ3) is 3.05. The van der Waals surface area contributed by atoms with Crippen LogP contribution in [0.15, 0.2) is 49.4 Å². The van der Waals surface area contributed by atoms with Gasteiger partial charge in [-0.1, -0.05) is 0 Å². The van der Waals surface area contributed by atoms with Gasteiger partial charge in [-0.05, 0) is 25.0 Å². The fraction of sp³-hybridized carbons (Fsp3) is 0.333. The Labute approximate surface area is 145 Å². The van der Waals surface area contributed by atoms with Crippen LogP contribution in [0.2, 0.25) is 0 Å². The van der Waals surface area contributed by atoms with E-state index in [-0.39, 0.29) is 11.9 Å². The lowest BCUT2D eigenvalue weighted by molar-refractivity contribution is 0.0680. The van der Waals surface area contributed by atoms with Crippen LogP contribution in [0.1, 0.15) is 29.2 Å². The summed E-state index contributed by atoms with van der Waals surface area (Å²) in [6, 6.07) is 4.04. The van der Waals surface area contributed by atoms with E-state index in [0.29, 0.717) is 17.8 Å². The Morgan fingerprint density at radius 3 is 2.80 bits per heavy atom. The zero-order chi connectivity index (χ0) is 17.2. The predicted molar refractivity (Wildman–Crippen MR) is 92.8 cm³/mol. The van der Waals surface area contributed by atoms with Gasteiger partial charge in [0.1, 0.15) is 5.69 Å². The van der Waals surface area contributed by atoms with E-state index in [1.807, 2.05) is 36.6 Å². The van der Waals surface area contributed by atoms with Gasteiger partial charge in [-0.15, -0.1) is 0 Å². The first-order valence-corrected chi connectivity index (χ1v) is 8.43. The van der Waals surface area contributed by atoms with E-state index in [1.165, 1.54) is 0 Å². The lowest BCUT2D eigenvalue weighted by Gasteiger charge is -2.33. The summed E-state index contributed by atoms with van der Waals surface area (Å²) in [4.78, 5) is 23.2. The van der Waals surface area contributed by atoms with E-state index in [2.05, 4.69) is 19.6 Å². The van der Waals surface area contributed by atoms with Gasteiger partial charge in [0.2, 0.25) is 0 Å². The molecular formula is C18H20N6O. The number of piperidine rings is 1. The van der Waals surface area contributed by atoms with Crippen molar-refractivity contribution in [1.82, 2.24) is 29.2 Å². The lowest BCUT2D eigenvalue weighted by Crippen LogP contribution is -2.40. The number of aromatic nitrogens is 5. The summed E-state index contributed by atoms with van der Waals surface area (Å²) in [7, 11) is 1.84. The molecule has 0 unspecified atom stereocenters. The van der Waals surface area contributed by atoms with Gasteiger partial charge in [0.05, 0.1) is 17.9 Å². The van der Waals surface area contributed by atoms with Crippen molar-refractivity contribution in [3.05, 3.63) is 55.0 Å². The highest BCUT2D eigenvalue weighted by atomic mass is 16.2. The Bertz CT molecular complexity index is 855. The minimum Gasteiger partial charge on any atom is -0.336 e. The van der Waals surface area contributed by atoms with Crippen molar-refractivity contribution in [3.8, 4) is 11.3 Å². The molecular weight excluding hydrogens is 316 g/mol. The maximum absolute atomic E-state index is 13.2. The summed E-state index contributed by atoms with van der Waals surface area (Å²) in [6.07, 6.45) is 12.9. The van der Waals surface area contributed by atoms with E-state index in [9.17, 15) is 4.79 Å². The Morgan fingerprint density at radius 2 is 2.04 bits per heavy atom. The first-order chi connectivity index (χ1) is 12.2. The average molecular weight is 336 g/mol. The second-order valence-corrected chi connectivity index (χ2v) is 6.36. The zero-order valence-electron chi connectivity index (χ0n) is 14.1. The average Bonchev–Trinajstić information content (AvgIpc) is 3.32. The molecule has 1 fully saturated rings. The lowest BCUT2D eigenvalue weighted by atomic mass is 10.0. The van der Waals surface area contributed by atoms with Crippen molar-refractivity contribution in [2.45, 2.75) is 18.9 Å². The van der Waals surface area contributed by atoms with Crippen LogP contribution in [0.3, 0.4) is 0 Å². The van der Waals surface area contributed by atoms with Gasteiger partial charge in [-0.25, -0.2) is 4.98 Å². The van der Waals surface area contributed by atoms with Crippen LogP contribution in [-0.4, -0.2) is 48.2 Å². The van der Waals surface area contributed by atoms with Crippen LogP contribution in [0.25, 0.3) is 11.3 Å². The molecule has 7 nitrogen and oxygen atoms in total. The highest BCUT2D eigenvalue weighted by Gasteiger charge is 2.28. The summed E-state index contributed by atoms with van der Waals surface area (Å²) in [5.74, 6) is 0.0322. The minimum atomic E-state index is 0.0322. The van der Waals surface area contributed by atoms with Gasteiger partial charge in [0, 0.05) is 56.7 Å². The highest BCUT2D eigenvalue weighted by Crippen LogP contribution is 2.26. The van der Waals surface area contributed by atoms with Crippen molar-refractivity contribution in [2.75, 3.05) is 13.1 Å². The van der Waals surface area contributed by atoms with Gasteiger partial charge >= 0.3 is 0 Å². The second-order valence-electron chi connectivity index (χ2n) is 6.36. The number of amides is 1. The largest absolute Gasteiger partial charge is 0.336 e. The van der Waals surface area contributed by atoms with E-state index < -0.39 is 0 Å². The molecule has 1 aliphatic heterocycles. The molecule has 4 rings (SSSR count). The maximum Gasteiger partial charge on any atom is 0.257 e. The third-order valence-electron chi connectivity index (χ3n) is 4.64. The fourth-order valence-corrected chi connectivity index (χ4v) is 3.41. The Morgan fingerprint density at radius 1 is 1.20 bits per heavy atom. The number of imidazole rings is 1. The minimum absolute atomic E-state index is 0.0322. The highest BCUT2D eigenvalue weighted by molar-refractivity contribution is 5.99.